The van der Waals surface area contributed by atoms with E-state index in [0.29, 0.717) is 0 Å². The lowest BCUT2D eigenvalue weighted by Crippen LogP contribution is -2.44. The maximum Gasteiger partial charge on any atom is 0.164 e. The number of hydrogen-bond donors (Lipinski definition) is 1. The quantitative estimate of drug-likeness (QED) is 0.935. The zero-order valence-electron chi connectivity index (χ0n) is 13.0. The molecule has 1 aliphatic rings. The van der Waals surface area contributed by atoms with E-state index in [0.717, 1.165) is 11.1 Å². The molecule has 0 saturated carbocycles. The molecule has 3 heteroatoms. The van der Waals surface area contributed by atoms with Crippen molar-refractivity contribution in [2.24, 2.45) is 5.92 Å². The summed E-state index contributed by atoms with van der Waals surface area (Å²) in [4.78, 5) is 0. The summed E-state index contributed by atoms with van der Waals surface area (Å²) in [6.45, 7) is 3.86. The molecule has 22 heavy (non-hydrogen) atoms. The molecule has 2 aromatic carbocycles. The Morgan fingerprint density at radius 3 is 1.59 bits per heavy atom. The first-order chi connectivity index (χ1) is 10.6. The molecule has 3 rings (SSSR count). The molecule has 0 amide bonds. The van der Waals surface area contributed by atoms with Crippen molar-refractivity contribution in [1.82, 2.24) is 0 Å². The van der Waals surface area contributed by atoms with Crippen molar-refractivity contribution in [3.05, 3.63) is 71.8 Å². The van der Waals surface area contributed by atoms with Gasteiger partial charge in [0, 0.05) is 5.92 Å². The summed E-state index contributed by atoms with van der Waals surface area (Å²) in [5, 5.41) is 9.96. The highest BCUT2D eigenvalue weighted by Gasteiger charge is 2.44. The highest BCUT2D eigenvalue weighted by atomic mass is 16.7. The molecule has 1 saturated heterocycles. The van der Waals surface area contributed by atoms with Gasteiger partial charge in [0.25, 0.3) is 0 Å². The van der Waals surface area contributed by atoms with Crippen molar-refractivity contribution in [2.75, 3.05) is 6.61 Å². The Balaban J connectivity index is 1.99. The van der Waals surface area contributed by atoms with Crippen molar-refractivity contribution in [1.29, 1.82) is 0 Å². The van der Waals surface area contributed by atoms with Gasteiger partial charge in [-0.2, -0.15) is 0 Å². The smallest absolute Gasteiger partial charge is 0.164 e. The molecule has 116 valence electrons. The van der Waals surface area contributed by atoms with Crippen molar-refractivity contribution in [3.8, 4) is 0 Å². The Morgan fingerprint density at radius 1 is 0.818 bits per heavy atom. The monoisotopic (exact) mass is 298 g/mol. The van der Waals surface area contributed by atoms with Crippen molar-refractivity contribution >= 4 is 0 Å². The lowest BCUT2D eigenvalue weighted by Gasteiger charge is -2.46. The van der Waals surface area contributed by atoms with Gasteiger partial charge in [0.15, 0.2) is 5.79 Å². The topological polar surface area (TPSA) is 38.7 Å². The molecule has 0 aliphatic carbocycles. The van der Waals surface area contributed by atoms with Gasteiger partial charge in [0.05, 0.1) is 18.8 Å². The summed E-state index contributed by atoms with van der Waals surface area (Å²) in [7, 11) is 0. The van der Waals surface area contributed by atoms with Gasteiger partial charge in [0.2, 0.25) is 0 Å². The van der Waals surface area contributed by atoms with E-state index in [1.165, 1.54) is 0 Å². The lowest BCUT2D eigenvalue weighted by atomic mass is 9.86. The van der Waals surface area contributed by atoms with Gasteiger partial charge in [-0.1, -0.05) is 60.7 Å². The number of ether oxygens (including phenoxy) is 2. The Hall–Kier alpha value is -1.68. The van der Waals surface area contributed by atoms with Gasteiger partial charge < -0.3 is 14.6 Å². The van der Waals surface area contributed by atoms with Crippen LogP contribution in [0.2, 0.25) is 0 Å². The van der Waals surface area contributed by atoms with E-state index in [4.69, 9.17) is 9.47 Å². The molecule has 1 heterocycles. The number of hydrogen-bond acceptors (Lipinski definition) is 3. The molecule has 0 radical (unpaired) electrons. The van der Waals surface area contributed by atoms with Crippen molar-refractivity contribution in [3.63, 3.8) is 0 Å². The van der Waals surface area contributed by atoms with Crippen LogP contribution in [-0.4, -0.2) is 17.5 Å². The van der Waals surface area contributed by atoms with Gasteiger partial charge in [-0.3, -0.25) is 0 Å². The first-order valence-electron chi connectivity index (χ1n) is 7.67. The summed E-state index contributed by atoms with van der Waals surface area (Å²) in [5.41, 5.74) is 2.14. The van der Waals surface area contributed by atoms with Crippen molar-refractivity contribution < 1.29 is 14.6 Å². The van der Waals surface area contributed by atoms with Crippen LogP contribution in [0.1, 0.15) is 37.2 Å². The Bertz CT molecular complexity index is 543. The maximum absolute atomic E-state index is 9.96. The molecule has 0 bridgehead atoms. The summed E-state index contributed by atoms with van der Waals surface area (Å²) in [6, 6.07) is 20.1. The van der Waals surface area contributed by atoms with Gasteiger partial charge in [0.1, 0.15) is 0 Å². The van der Waals surface area contributed by atoms with Crippen LogP contribution >= 0.6 is 0 Å². The van der Waals surface area contributed by atoms with Gasteiger partial charge in [-0.15, -0.1) is 0 Å². The Morgan fingerprint density at radius 2 is 1.23 bits per heavy atom. The molecular formula is C19H22O3. The highest BCUT2D eigenvalue weighted by Crippen LogP contribution is 2.46. The summed E-state index contributed by atoms with van der Waals surface area (Å²) < 4.78 is 12.3. The third-order valence-electron chi connectivity index (χ3n) is 4.07. The van der Waals surface area contributed by atoms with Crippen LogP contribution < -0.4 is 0 Å². The van der Waals surface area contributed by atoms with Crippen LogP contribution in [-0.2, 0) is 9.47 Å². The average Bonchev–Trinajstić information content (AvgIpc) is 2.55. The van der Waals surface area contributed by atoms with E-state index in [9.17, 15) is 5.11 Å². The minimum absolute atomic E-state index is 0.00913. The zero-order valence-corrected chi connectivity index (χ0v) is 13.0. The fourth-order valence-corrected chi connectivity index (χ4v) is 3.08. The van der Waals surface area contributed by atoms with Crippen LogP contribution in [0.3, 0.4) is 0 Å². The minimum Gasteiger partial charge on any atom is -0.396 e. The second-order valence-corrected chi connectivity index (χ2v) is 6.14. The zero-order chi connectivity index (χ0) is 15.6. The lowest BCUT2D eigenvalue weighted by molar-refractivity contribution is -0.330. The molecule has 3 nitrogen and oxygen atoms in total. The van der Waals surface area contributed by atoms with E-state index in [1.54, 1.807) is 0 Å². The molecule has 0 spiro atoms. The maximum atomic E-state index is 9.96. The largest absolute Gasteiger partial charge is 0.396 e. The molecule has 0 unspecified atom stereocenters. The first-order valence-corrected chi connectivity index (χ1v) is 7.67. The van der Waals surface area contributed by atoms with Crippen LogP contribution in [0.15, 0.2) is 60.7 Å². The van der Waals surface area contributed by atoms with Crippen LogP contribution in [0.5, 0.6) is 0 Å². The summed E-state index contributed by atoms with van der Waals surface area (Å²) >= 11 is 0. The van der Waals surface area contributed by atoms with Gasteiger partial charge in [-0.25, -0.2) is 0 Å². The molecule has 0 aromatic heterocycles. The Labute approximate surface area is 131 Å². The van der Waals surface area contributed by atoms with Crippen LogP contribution in [0.25, 0.3) is 0 Å². The first kappa shape index (κ1) is 15.2. The van der Waals surface area contributed by atoms with Gasteiger partial charge in [-0.05, 0) is 25.0 Å². The van der Waals surface area contributed by atoms with E-state index in [1.807, 2.05) is 74.5 Å². The number of aliphatic hydroxyl groups is 1. The molecule has 1 N–H and O–H groups in total. The number of rotatable bonds is 3. The minimum atomic E-state index is -0.702. The number of benzene rings is 2. The second-order valence-electron chi connectivity index (χ2n) is 6.14. The Kier molecular flexibility index (Phi) is 4.30. The van der Waals surface area contributed by atoms with Crippen LogP contribution in [0.4, 0.5) is 0 Å². The third kappa shape index (κ3) is 3.07. The van der Waals surface area contributed by atoms with Gasteiger partial charge >= 0.3 is 0 Å². The fraction of sp³-hybridized carbons (Fsp3) is 0.368. The fourth-order valence-electron chi connectivity index (χ4n) is 3.08. The summed E-state index contributed by atoms with van der Waals surface area (Å²) in [6.07, 6.45) is -0.389. The molecule has 1 fully saturated rings. The predicted octanol–water partition coefficient (Wildman–Crippen LogP) is 3.86. The number of aliphatic hydroxyl groups excluding tert-OH is 1. The standard InChI is InChI=1S/C19H22O3/c1-19(2)21-17(14-9-5-3-6-10-14)16(13-20)18(22-19)15-11-7-4-8-12-15/h3-12,16-18,20H,13H2,1-2H3/t17-,18-/m0/s1. The molecular weight excluding hydrogens is 276 g/mol. The predicted molar refractivity (Wildman–Crippen MR) is 85.2 cm³/mol. The summed E-state index contributed by atoms with van der Waals surface area (Å²) in [5.74, 6) is -0.843. The normalized spacial score (nSPS) is 27.5. The molecule has 2 atom stereocenters. The van der Waals surface area contributed by atoms with Crippen molar-refractivity contribution in [2.45, 2.75) is 31.8 Å². The second kappa shape index (κ2) is 6.21. The van der Waals surface area contributed by atoms with Crippen LogP contribution in [0, 0.1) is 5.92 Å². The van der Waals surface area contributed by atoms with E-state index in [-0.39, 0.29) is 24.7 Å². The van der Waals surface area contributed by atoms with E-state index >= 15 is 0 Å². The highest BCUT2D eigenvalue weighted by molar-refractivity contribution is 5.24. The average molecular weight is 298 g/mol. The molecule has 2 aromatic rings. The van der Waals surface area contributed by atoms with E-state index in [2.05, 4.69) is 0 Å². The SMILES string of the molecule is CC1(C)O[C@@H](c2ccccc2)C(CO)[C@H](c2ccccc2)O1. The third-order valence-corrected chi connectivity index (χ3v) is 4.07. The molecule has 1 aliphatic heterocycles. The van der Waals surface area contributed by atoms with E-state index < -0.39 is 5.79 Å².